The zero-order valence-electron chi connectivity index (χ0n) is 17.2. The molecule has 0 aliphatic carbocycles. The highest BCUT2D eigenvalue weighted by molar-refractivity contribution is 7.22. The highest BCUT2D eigenvalue weighted by atomic mass is 32.1. The number of benzene rings is 1. The average Bonchev–Trinajstić information content (AvgIpc) is 3.47. The van der Waals surface area contributed by atoms with Gasteiger partial charge in [0.05, 0.1) is 33.9 Å². The normalized spacial score (nSPS) is 11.2. The number of nitrogens with one attached hydrogen (secondary N) is 2. The Labute approximate surface area is 190 Å². The van der Waals surface area contributed by atoms with Crippen LogP contribution in [0.1, 0.15) is 27.9 Å². The van der Waals surface area contributed by atoms with Gasteiger partial charge in [-0.2, -0.15) is 5.10 Å². The maximum Gasteiger partial charge on any atom is 0.258 e. The highest BCUT2D eigenvalue weighted by Gasteiger charge is 2.18. The Kier molecular flexibility index (Phi) is 5.16. The van der Waals surface area contributed by atoms with E-state index in [4.69, 9.17) is 0 Å². The molecule has 0 aliphatic heterocycles. The summed E-state index contributed by atoms with van der Waals surface area (Å²) < 4.78 is 2.68. The van der Waals surface area contributed by atoms with Crippen molar-refractivity contribution in [1.82, 2.24) is 19.7 Å². The van der Waals surface area contributed by atoms with E-state index in [2.05, 4.69) is 25.7 Å². The molecule has 32 heavy (non-hydrogen) atoms. The van der Waals surface area contributed by atoms with Crippen LogP contribution in [-0.2, 0) is 11.3 Å². The van der Waals surface area contributed by atoms with Gasteiger partial charge in [-0.15, -0.1) is 11.3 Å². The first-order valence-corrected chi connectivity index (χ1v) is 11.5. The molecule has 8 nitrogen and oxygen atoms in total. The SMILES string of the molecule is CC(=O)Nc1ccc2nc(NC(=O)c3cc(C)nc4c3cnn4Cc3cccs3)sc2c1. The standard InChI is InChI=1S/C22H18N6O2S2/c1-12-8-16(17-10-23-28(20(17)24-12)11-15-4-3-7-31-15)21(30)27-22-26-18-6-5-14(25-13(2)29)9-19(18)32-22/h3-10H,11H2,1-2H3,(H,25,29)(H,26,27,30). The highest BCUT2D eigenvalue weighted by Crippen LogP contribution is 2.29. The predicted octanol–water partition coefficient (Wildman–Crippen LogP) is 4.67. The van der Waals surface area contributed by atoms with E-state index in [0.29, 0.717) is 34.0 Å². The first-order valence-electron chi connectivity index (χ1n) is 9.81. The van der Waals surface area contributed by atoms with E-state index in [-0.39, 0.29) is 11.8 Å². The number of amides is 2. The summed E-state index contributed by atoms with van der Waals surface area (Å²) in [6.45, 7) is 3.93. The van der Waals surface area contributed by atoms with Crippen molar-refractivity contribution in [2.45, 2.75) is 20.4 Å². The third-order valence-corrected chi connectivity index (χ3v) is 6.59. The number of hydrogen-bond donors (Lipinski definition) is 2. The van der Waals surface area contributed by atoms with E-state index in [0.717, 1.165) is 20.8 Å². The molecule has 10 heteroatoms. The van der Waals surface area contributed by atoms with E-state index < -0.39 is 0 Å². The van der Waals surface area contributed by atoms with E-state index in [9.17, 15) is 9.59 Å². The van der Waals surface area contributed by atoms with Gasteiger partial charge in [0.1, 0.15) is 0 Å². The van der Waals surface area contributed by atoms with E-state index in [1.807, 2.05) is 41.3 Å². The van der Waals surface area contributed by atoms with Gasteiger partial charge in [0.15, 0.2) is 10.8 Å². The number of anilines is 2. The number of hydrogen-bond acceptors (Lipinski definition) is 7. The molecule has 0 atom stereocenters. The van der Waals surface area contributed by atoms with Crippen LogP contribution in [0.2, 0.25) is 0 Å². The van der Waals surface area contributed by atoms with Crippen LogP contribution in [0.4, 0.5) is 10.8 Å². The molecular formula is C22H18N6O2S2. The van der Waals surface area contributed by atoms with Gasteiger partial charge < -0.3 is 5.32 Å². The minimum Gasteiger partial charge on any atom is -0.326 e. The molecule has 0 radical (unpaired) electrons. The fraction of sp³-hybridized carbons (Fsp3) is 0.136. The third kappa shape index (κ3) is 3.97. The predicted molar refractivity (Wildman–Crippen MR) is 128 cm³/mol. The summed E-state index contributed by atoms with van der Waals surface area (Å²) in [5, 5.41) is 13.3. The second kappa shape index (κ2) is 8.13. The van der Waals surface area contributed by atoms with Gasteiger partial charge in [-0.3, -0.25) is 14.9 Å². The van der Waals surface area contributed by atoms with Crippen molar-refractivity contribution in [3.63, 3.8) is 0 Å². The summed E-state index contributed by atoms with van der Waals surface area (Å²) in [6.07, 6.45) is 1.68. The monoisotopic (exact) mass is 462 g/mol. The van der Waals surface area contributed by atoms with E-state index >= 15 is 0 Å². The van der Waals surface area contributed by atoms with Crippen LogP contribution in [0.15, 0.2) is 48.0 Å². The van der Waals surface area contributed by atoms with Crippen LogP contribution in [0.3, 0.4) is 0 Å². The minimum absolute atomic E-state index is 0.140. The second-order valence-corrected chi connectivity index (χ2v) is 9.33. The van der Waals surface area contributed by atoms with Crippen molar-refractivity contribution in [2.24, 2.45) is 0 Å². The Balaban J connectivity index is 1.44. The van der Waals surface area contributed by atoms with Crippen LogP contribution in [-0.4, -0.2) is 31.6 Å². The number of carbonyl (C=O) groups excluding carboxylic acids is 2. The smallest absolute Gasteiger partial charge is 0.258 e. The Morgan fingerprint density at radius 1 is 1.12 bits per heavy atom. The molecule has 4 aromatic heterocycles. The Hall–Kier alpha value is -3.63. The quantitative estimate of drug-likeness (QED) is 0.395. The summed E-state index contributed by atoms with van der Waals surface area (Å²) in [6, 6.07) is 11.2. The molecule has 0 unspecified atom stereocenters. The van der Waals surface area contributed by atoms with Crippen molar-refractivity contribution in [1.29, 1.82) is 0 Å². The zero-order chi connectivity index (χ0) is 22.2. The molecular weight excluding hydrogens is 444 g/mol. The van der Waals surface area contributed by atoms with Gasteiger partial charge in [-0.1, -0.05) is 17.4 Å². The number of rotatable bonds is 5. The molecule has 5 aromatic rings. The average molecular weight is 463 g/mol. The molecule has 2 N–H and O–H groups in total. The largest absolute Gasteiger partial charge is 0.326 e. The van der Waals surface area contributed by atoms with Crippen LogP contribution >= 0.6 is 22.7 Å². The van der Waals surface area contributed by atoms with Gasteiger partial charge in [-0.05, 0) is 42.6 Å². The van der Waals surface area contributed by atoms with E-state index in [1.54, 1.807) is 29.7 Å². The first kappa shape index (κ1) is 20.3. The number of thiophene rings is 1. The molecule has 160 valence electrons. The van der Waals surface area contributed by atoms with E-state index in [1.165, 1.54) is 18.3 Å². The molecule has 0 bridgehead atoms. The van der Waals surface area contributed by atoms with Crippen molar-refractivity contribution in [3.8, 4) is 0 Å². The molecule has 4 heterocycles. The van der Waals surface area contributed by atoms with Crippen molar-refractivity contribution in [2.75, 3.05) is 10.6 Å². The maximum absolute atomic E-state index is 13.1. The lowest BCUT2D eigenvalue weighted by Gasteiger charge is -2.06. The number of nitrogens with zero attached hydrogens (tertiary/aromatic N) is 4. The van der Waals surface area contributed by atoms with Gasteiger partial charge >= 0.3 is 0 Å². The lowest BCUT2D eigenvalue weighted by atomic mass is 10.1. The fourth-order valence-electron chi connectivity index (χ4n) is 3.45. The summed E-state index contributed by atoms with van der Waals surface area (Å²) in [5.41, 5.74) is 3.35. The molecule has 5 rings (SSSR count). The number of aryl methyl sites for hydroxylation is 1. The summed E-state index contributed by atoms with van der Waals surface area (Å²) in [5.74, 6) is -0.406. The molecule has 0 spiro atoms. The number of pyridine rings is 1. The molecule has 0 saturated carbocycles. The Bertz CT molecular complexity index is 1470. The van der Waals surface area contributed by atoms with Crippen LogP contribution < -0.4 is 10.6 Å². The molecule has 1 aromatic carbocycles. The number of thiazole rings is 1. The van der Waals surface area contributed by atoms with Crippen molar-refractivity contribution >= 4 is 66.6 Å². The lowest BCUT2D eigenvalue weighted by molar-refractivity contribution is -0.114. The summed E-state index contributed by atoms with van der Waals surface area (Å²) in [4.78, 5) is 34.7. The molecule has 0 fully saturated rings. The second-order valence-electron chi connectivity index (χ2n) is 7.27. The van der Waals surface area contributed by atoms with Crippen LogP contribution in [0.25, 0.3) is 21.3 Å². The third-order valence-electron chi connectivity index (χ3n) is 4.80. The lowest BCUT2D eigenvalue weighted by Crippen LogP contribution is -2.13. The van der Waals surface area contributed by atoms with Crippen molar-refractivity contribution < 1.29 is 9.59 Å². The van der Waals surface area contributed by atoms with Crippen molar-refractivity contribution in [3.05, 3.63) is 64.1 Å². The molecule has 0 aliphatic rings. The Morgan fingerprint density at radius 2 is 2.00 bits per heavy atom. The number of fused-ring (bicyclic) bond motifs is 2. The number of carbonyl (C=O) groups is 2. The zero-order valence-corrected chi connectivity index (χ0v) is 18.9. The van der Waals surface area contributed by atoms with Gasteiger partial charge in [0, 0.05) is 23.2 Å². The van der Waals surface area contributed by atoms with Gasteiger partial charge in [-0.25, -0.2) is 14.6 Å². The van der Waals surface area contributed by atoms with Crippen LogP contribution in [0.5, 0.6) is 0 Å². The fourth-order valence-corrected chi connectivity index (χ4v) is 5.04. The number of aromatic nitrogens is 4. The molecule has 0 saturated heterocycles. The summed E-state index contributed by atoms with van der Waals surface area (Å²) >= 11 is 3.00. The Morgan fingerprint density at radius 3 is 2.78 bits per heavy atom. The topological polar surface area (TPSA) is 102 Å². The maximum atomic E-state index is 13.1. The first-order chi connectivity index (χ1) is 15.5. The van der Waals surface area contributed by atoms with Gasteiger partial charge in [0.2, 0.25) is 5.91 Å². The van der Waals surface area contributed by atoms with Crippen LogP contribution in [0, 0.1) is 6.92 Å². The summed E-state index contributed by atoms with van der Waals surface area (Å²) in [7, 11) is 0. The molecule has 2 amide bonds. The minimum atomic E-state index is -0.266. The van der Waals surface area contributed by atoms with Gasteiger partial charge in [0.25, 0.3) is 5.91 Å².